The summed E-state index contributed by atoms with van der Waals surface area (Å²) in [4.78, 5) is 13.0. The van der Waals surface area contributed by atoms with Gasteiger partial charge in [0.2, 0.25) is 5.76 Å². The van der Waals surface area contributed by atoms with Crippen molar-refractivity contribution in [2.45, 2.75) is 6.04 Å². The lowest BCUT2D eigenvalue weighted by Gasteiger charge is -2.35. The van der Waals surface area contributed by atoms with Gasteiger partial charge < -0.3 is 15.2 Å². The summed E-state index contributed by atoms with van der Waals surface area (Å²) in [6, 6.07) is 1.67. The SMILES string of the molecule is NC1CN(C(=O)c2ccno2)C1. The van der Waals surface area contributed by atoms with Gasteiger partial charge in [0.05, 0.1) is 6.20 Å². The molecule has 1 aromatic rings. The van der Waals surface area contributed by atoms with Crippen LogP contribution >= 0.6 is 0 Å². The number of likely N-dealkylation sites (tertiary alicyclic amines) is 1. The topological polar surface area (TPSA) is 72.4 Å². The molecule has 0 radical (unpaired) electrons. The molecule has 0 saturated carbocycles. The van der Waals surface area contributed by atoms with Crippen molar-refractivity contribution in [3.05, 3.63) is 18.0 Å². The van der Waals surface area contributed by atoms with Crippen LogP contribution in [0.25, 0.3) is 0 Å². The monoisotopic (exact) mass is 167 g/mol. The van der Waals surface area contributed by atoms with Crippen LogP contribution in [-0.2, 0) is 0 Å². The second-order valence-electron chi connectivity index (χ2n) is 2.85. The maximum Gasteiger partial charge on any atom is 0.292 e. The second kappa shape index (κ2) is 2.60. The number of hydrogen-bond acceptors (Lipinski definition) is 4. The van der Waals surface area contributed by atoms with Crippen LogP contribution in [0, 0.1) is 0 Å². The van der Waals surface area contributed by atoms with Gasteiger partial charge in [0.1, 0.15) is 0 Å². The minimum atomic E-state index is -0.130. The molecule has 12 heavy (non-hydrogen) atoms. The van der Waals surface area contributed by atoms with E-state index in [1.54, 1.807) is 11.0 Å². The highest BCUT2D eigenvalue weighted by atomic mass is 16.5. The molecular weight excluding hydrogens is 158 g/mol. The molecular formula is C7H9N3O2. The van der Waals surface area contributed by atoms with Crippen molar-refractivity contribution < 1.29 is 9.32 Å². The van der Waals surface area contributed by atoms with E-state index < -0.39 is 0 Å². The molecule has 0 aromatic carbocycles. The smallest absolute Gasteiger partial charge is 0.292 e. The average Bonchev–Trinajstić information content (AvgIpc) is 2.49. The van der Waals surface area contributed by atoms with Crippen LogP contribution in [0.1, 0.15) is 10.6 Å². The summed E-state index contributed by atoms with van der Waals surface area (Å²) in [6.45, 7) is 1.22. The van der Waals surface area contributed by atoms with E-state index in [9.17, 15) is 4.79 Å². The van der Waals surface area contributed by atoms with Crippen LogP contribution < -0.4 is 5.73 Å². The molecule has 5 heteroatoms. The first-order valence-electron chi connectivity index (χ1n) is 3.73. The summed E-state index contributed by atoms with van der Waals surface area (Å²) in [5, 5.41) is 3.45. The molecule has 1 aliphatic rings. The Morgan fingerprint density at radius 1 is 1.75 bits per heavy atom. The molecule has 0 atom stereocenters. The largest absolute Gasteiger partial charge is 0.351 e. The van der Waals surface area contributed by atoms with E-state index in [-0.39, 0.29) is 17.7 Å². The number of amides is 1. The fourth-order valence-corrected chi connectivity index (χ4v) is 1.16. The standard InChI is InChI=1S/C7H9N3O2/c8-5-3-10(4-5)7(11)6-1-2-9-12-6/h1-2,5H,3-4,8H2. The second-order valence-corrected chi connectivity index (χ2v) is 2.85. The molecule has 1 amide bonds. The van der Waals surface area contributed by atoms with E-state index in [4.69, 9.17) is 10.3 Å². The predicted molar refractivity (Wildman–Crippen MR) is 40.4 cm³/mol. The molecule has 1 saturated heterocycles. The lowest BCUT2D eigenvalue weighted by atomic mass is 10.1. The maximum absolute atomic E-state index is 11.4. The van der Waals surface area contributed by atoms with Gasteiger partial charge in [-0.05, 0) is 0 Å². The van der Waals surface area contributed by atoms with Gasteiger partial charge in [-0.15, -0.1) is 0 Å². The summed E-state index contributed by atoms with van der Waals surface area (Å²) >= 11 is 0. The number of nitrogens with two attached hydrogens (primary N) is 1. The molecule has 2 N–H and O–H groups in total. The van der Waals surface area contributed by atoms with Crippen LogP contribution in [0.4, 0.5) is 0 Å². The van der Waals surface area contributed by atoms with E-state index in [0.29, 0.717) is 13.1 Å². The molecule has 64 valence electrons. The normalized spacial score (nSPS) is 17.6. The van der Waals surface area contributed by atoms with Gasteiger partial charge in [0.15, 0.2) is 0 Å². The van der Waals surface area contributed by atoms with E-state index in [2.05, 4.69) is 5.16 Å². The summed E-state index contributed by atoms with van der Waals surface area (Å²) in [5.74, 6) is 0.149. The lowest BCUT2D eigenvalue weighted by molar-refractivity contribution is 0.0565. The van der Waals surface area contributed by atoms with Crippen molar-refractivity contribution in [1.29, 1.82) is 0 Å². The fourth-order valence-electron chi connectivity index (χ4n) is 1.16. The number of rotatable bonds is 1. The predicted octanol–water partition coefficient (Wildman–Crippen LogP) is -0.542. The Hall–Kier alpha value is -1.36. The minimum Gasteiger partial charge on any atom is -0.351 e. The van der Waals surface area contributed by atoms with E-state index in [1.165, 1.54) is 6.20 Å². The summed E-state index contributed by atoms with van der Waals surface area (Å²) < 4.78 is 4.71. The molecule has 2 heterocycles. The van der Waals surface area contributed by atoms with Crippen molar-refractivity contribution >= 4 is 5.91 Å². The number of carbonyl (C=O) groups is 1. The Morgan fingerprint density at radius 3 is 3.00 bits per heavy atom. The van der Waals surface area contributed by atoms with Crippen LogP contribution in [-0.4, -0.2) is 35.1 Å². The van der Waals surface area contributed by atoms with Crippen molar-refractivity contribution in [2.75, 3.05) is 13.1 Å². The summed E-state index contributed by atoms with van der Waals surface area (Å²) in [6.07, 6.45) is 1.45. The van der Waals surface area contributed by atoms with Crippen LogP contribution in [0.2, 0.25) is 0 Å². The Bertz CT molecular complexity index is 277. The molecule has 1 fully saturated rings. The third kappa shape index (κ3) is 1.08. The zero-order valence-corrected chi connectivity index (χ0v) is 6.43. The van der Waals surface area contributed by atoms with Gasteiger partial charge in [0.25, 0.3) is 5.91 Å². The van der Waals surface area contributed by atoms with Gasteiger partial charge in [-0.3, -0.25) is 4.79 Å². The van der Waals surface area contributed by atoms with Crippen molar-refractivity contribution in [1.82, 2.24) is 10.1 Å². The molecule has 5 nitrogen and oxygen atoms in total. The highest BCUT2D eigenvalue weighted by Gasteiger charge is 2.29. The number of aromatic nitrogens is 1. The number of hydrogen-bond donors (Lipinski definition) is 1. The third-order valence-corrected chi connectivity index (χ3v) is 1.85. The van der Waals surface area contributed by atoms with Gasteiger partial charge in [-0.2, -0.15) is 0 Å². The van der Waals surface area contributed by atoms with Crippen LogP contribution in [0.5, 0.6) is 0 Å². The fraction of sp³-hybridized carbons (Fsp3) is 0.429. The molecule has 0 bridgehead atoms. The van der Waals surface area contributed by atoms with Crippen molar-refractivity contribution in [2.24, 2.45) is 5.73 Å². The average molecular weight is 167 g/mol. The molecule has 1 aromatic heterocycles. The van der Waals surface area contributed by atoms with Crippen molar-refractivity contribution in [3.8, 4) is 0 Å². The van der Waals surface area contributed by atoms with E-state index >= 15 is 0 Å². The van der Waals surface area contributed by atoms with Gasteiger partial charge in [0, 0.05) is 25.2 Å². The maximum atomic E-state index is 11.4. The molecule has 0 spiro atoms. The van der Waals surface area contributed by atoms with E-state index in [1.807, 2.05) is 0 Å². The molecule has 1 aliphatic heterocycles. The van der Waals surface area contributed by atoms with Gasteiger partial charge in [-0.1, -0.05) is 5.16 Å². The Balaban J connectivity index is 2.03. The number of nitrogens with zero attached hydrogens (tertiary/aromatic N) is 2. The quantitative estimate of drug-likeness (QED) is 0.609. The number of carbonyl (C=O) groups excluding carboxylic acids is 1. The highest BCUT2D eigenvalue weighted by molar-refractivity contribution is 5.91. The van der Waals surface area contributed by atoms with Crippen LogP contribution in [0.15, 0.2) is 16.8 Å². The zero-order valence-electron chi connectivity index (χ0n) is 6.43. The highest BCUT2D eigenvalue weighted by Crippen LogP contribution is 2.10. The van der Waals surface area contributed by atoms with Gasteiger partial charge >= 0.3 is 0 Å². The first-order valence-corrected chi connectivity index (χ1v) is 3.73. The van der Waals surface area contributed by atoms with Gasteiger partial charge in [-0.25, -0.2) is 0 Å². The molecule has 2 rings (SSSR count). The Kier molecular flexibility index (Phi) is 1.58. The molecule has 0 aliphatic carbocycles. The molecule has 0 unspecified atom stereocenters. The lowest BCUT2D eigenvalue weighted by Crippen LogP contribution is -2.57. The summed E-state index contributed by atoms with van der Waals surface area (Å²) in [7, 11) is 0. The van der Waals surface area contributed by atoms with Crippen molar-refractivity contribution in [3.63, 3.8) is 0 Å². The summed E-state index contributed by atoms with van der Waals surface area (Å²) in [5.41, 5.74) is 5.52. The van der Waals surface area contributed by atoms with E-state index in [0.717, 1.165) is 0 Å². The zero-order chi connectivity index (χ0) is 8.55. The third-order valence-electron chi connectivity index (χ3n) is 1.85. The van der Waals surface area contributed by atoms with Crippen LogP contribution in [0.3, 0.4) is 0 Å². The Morgan fingerprint density at radius 2 is 2.50 bits per heavy atom. The first kappa shape index (κ1) is 7.30. The Labute approximate surface area is 69.1 Å². The first-order chi connectivity index (χ1) is 5.77. The minimum absolute atomic E-state index is 0.122.